The van der Waals surface area contributed by atoms with Gasteiger partial charge in [-0.3, -0.25) is 0 Å². The van der Waals surface area contributed by atoms with Crippen molar-refractivity contribution >= 4 is 11.6 Å². The molecule has 140 valence electrons. The number of hydrogen-bond acceptors (Lipinski definition) is 8. The number of hydrogen-bond donors (Lipinski definition) is 2. The van der Waals surface area contributed by atoms with Crippen molar-refractivity contribution in [2.45, 2.75) is 32.2 Å². The predicted octanol–water partition coefficient (Wildman–Crippen LogP) is 0.441. The van der Waals surface area contributed by atoms with Gasteiger partial charge in [-0.1, -0.05) is 0 Å². The van der Waals surface area contributed by atoms with E-state index in [4.69, 9.17) is 10.2 Å². The smallest absolute Gasteiger partial charge is 0.132 e. The molecule has 0 amide bonds. The summed E-state index contributed by atoms with van der Waals surface area (Å²) < 4.78 is 0. The summed E-state index contributed by atoms with van der Waals surface area (Å²) in [4.78, 5) is 22.1. The van der Waals surface area contributed by atoms with E-state index in [1.807, 2.05) is 12.1 Å². The number of piperazine rings is 1. The van der Waals surface area contributed by atoms with Crippen LogP contribution in [-0.4, -0.2) is 68.5 Å². The van der Waals surface area contributed by atoms with Gasteiger partial charge < -0.3 is 20.0 Å². The normalized spacial score (nSPS) is 16.8. The third-order valence-electron chi connectivity index (χ3n) is 4.55. The van der Waals surface area contributed by atoms with Crippen LogP contribution in [0.4, 0.5) is 11.6 Å². The summed E-state index contributed by atoms with van der Waals surface area (Å²) in [5, 5.41) is 18.2. The molecule has 0 radical (unpaired) electrons. The Morgan fingerprint density at radius 1 is 0.923 bits per heavy atom. The Bertz CT molecular complexity index is 739. The Kier molecular flexibility index (Phi) is 5.63. The first-order valence-corrected chi connectivity index (χ1v) is 8.91. The molecule has 2 aromatic rings. The minimum atomic E-state index is -0.148. The molecule has 0 saturated carbocycles. The number of aliphatic hydroxyl groups excluding tert-OH is 2. The summed E-state index contributed by atoms with van der Waals surface area (Å²) in [7, 11) is 0. The fourth-order valence-corrected chi connectivity index (χ4v) is 3.32. The molecule has 0 bridgehead atoms. The standard InChI is InChI=1S/C18H26N6O2/c1-18(2)13-23(16-3-7-19-14(21-16)5-11-25)9-10-24(18)17-4-8-20-15(22-17)6-12-26/h3-4,7-8,25-26H,5-6,9-13H2,1-2H3. The second kappa shape index (κ2) is 7.92. The summed E-state index contributed by atoms with van der Waals surface area (Å²) in [6.45, 7) is 6.88. The molecule has 3 rings (SSSR count). The summed E-state index contributed by atoms with van der Waals surface area (Å²) in [6.07, 6.45) is 4.42. The molecule has 0 aliphatic carbocycles. The van der Waals surface area contributed by atoms with Gasteiger partial charge in [0.25, 0.3) is 0 Å². The maximum Gasteiger partial charge on any atom is 0.132 e. The number of nitrogens with zero attached hydrogens (tertiary/aromatic N) is 6. The van der Waals surface area contributed by atoms with Crippen molar-refractivity contribution in [3.8, 4) is 0 Å². The van der Waals surface area contributed by atoms with Crippen LogP contribution in [0.25, 0.3) is 0 Å². The Hall–Kier alpha value is -2.32. The second-order valence-electron chi connectivity index (χ2n) is 6.99. The minimum Gasteiger partial charge on any atom is -0.396 e. The van der Waals surface area contributed by atoms with Crippen LogP contribution in [0.5, 0.6) is 0 Å². The molecule has 8 heteroatoms. The number of anilines is 2. The molecule has 1 aliphatic rings. The van der Waals surface area contributed by atoms with E-state index >= 15 is 0 Å². The SMILES string of the molecule is CC1(C)CN(c2ccnc(CCO)n2)CCN1c1ccnc(CCO)n1. The van der Waals surface area contributed by atoms with Crippen molar-refractivity contribution in [2.75, 3.05) is 42.6 Å². The van der Waals surface area contributed by atoms with Gasteiger partial charge in [0.1, 0.15) is 23.3 Å². The van der Waals surface area contributed by atoms with E-state index in [1.54, 1.807) is 12.4 Å². The zero-order chi connectivity index (χ0) is 18.6. The van der Waals surface area contributed by atoms with Crippen LogP contribution in [0.3, 0.4) is 0 Å². The average Bonchev–Trinajstić information content (AvgIpc) is 2.62. The first kappa shape index (κ1) is 18.5. The Morgan fingerprint density at radius 2 is 1.50 bits per heavy atom. The van der Waals surface area contributed by atoms with Gasteiger partial charge in [0, 0.05) is 44.9 Å². The molecule has 0 atom stereocenters. The van der Waals surface area contributed by atoms with Crippen molar-refractivity contribution in [1.82, 2.24) is 19.9 Å². The van der Waals surface area contributed by atoms with Crippen molar-refractivity contribution in [3.05, 3.63) is 36.2 Å². The first-order chi connectivity index (χ1) is 12.5. The lowest BCUT2D eigenvalue weighted by atomic mass is 9.98. The second-order valence-corrected chi connectivity index (χ2v) is 6.99. The molecule has 0 spiro atoms. The number of aromatic nitrogens is 4. The maximum absolute atomic E-state index is 9.12. The molecular weight excluding hydrogens is 332 g/mol. The molecular formula is C18H26N6O2. The van der Waals surface area contributed by atoms with Gasteiger partial charge in [0.2, 0.25) is 0 Å². The molecule has 2 aromatic heterocycles. The Labute approximate surface area is 153 Å². The van der Waals surface area contributed by atoms with Gasteiger partial charge in [0.05, 0.1) is 18.8 Å². The molecule has 2 N–H and O–H groups in total. The number of rotatable bonds is 6. The Morgan fingerprint density at radius 3 is 2.08 bits per heavy atom. The van der Waals surface area contributed by atoms with Gasteiger partial charge in [-0.05, 0) is 26.0 Å². The molecule has 0 aromatic carbocycles. The molecule has 3 heterocycles. The number of aliphatic hydroxyl groups is 2. The van der Waals surface area contributed by atoms with Crippen molar-refractivity contribution < 1.29 is 10.2 Å². The van der Waals surface area contributed by atoms with E-state index in [0.717, 1.165) is 31.3 Å². The van der Waals surface area contributed by atoms with Crippen LogP contribution in [0.1, 0.15) is 25.5 Å². The summed E-state index contributed by atoms with van der Waals surface area (Å²) in [5.41, 5.74) is -0.148. The topological polar surface area (TPSA) is 98.5 Å². The zero-order valence-electron chi connectivity index (χ0n) is 15.3. The zero-order valence-corrected chi connectivity index (χ0v) is 15.3. The van der Waals surface area contributed by atoms with Crippen molar-refractivity contribution in [2.24, 2.45) is 0 Å². The lowest BCUT2D eigenvalue weighted by Gasteiger charge is -2.48. The maximum atomic E-state index is 9.12. The van der Waals surface area contributed by atoms with Crippen molar-refractivity contribution in [3.63, 3.8) is 0 Å². The molecule has 1 aliphatic heterocycles. The highest BCUT2D eigenvalue weighted by atomic mass is 16.3. The molecule has 1 saturated heterocycles. The van der Waals surface area contributed by atoms with Gasteiger partial charge in [-0.25, -0.2) is 19.9 Å². The third kappa shape index (κ3) is 4.08. The third-order valence-corrected chi connectivity index (χ3v) is 4.55. The summed E-state index contributed by atoms with van der Waals surface area (Å²) >= 11 is 0. The Balaban J connectivity index is 1.77. The van der Waals surface area contributed by atoms with Crippen molar-refractivity contribution in [1.29, 1.82) is 0 Å². The highest BCUT2D eigenvalue weighted by Crippen LogP contribution is 2.28. The molecule has 8 nitrogen and oxygen atoms in total. The average molecular weight is 358 g/mol. The fraction of sp³-hybridized carbons (Fsp3) is 0.556. The monoisotopic (exact) mass is 358 g/mol. The van der Waals surface area contributed by atoms with Gasteiger partial charge >= 0.3 is 0 Å². The summed E-state index contributed by atoms with van der Waals surface area (Å²) in [6, 6.07) is 3.83. The molecule has 26 heavy (non-hydrogen) atoms. The molecule has 1 fully saturated rings. The lowest BCUT2D eigenvalue weighted by molar-refractivity contribution is 0.296. The highest BCUT2D eigenvalue weighted by molar-refractivity contribution is 5.48. The predicted molar refractivity (Wildman–Crippen MR) is 99.3 cm³/mol. The van der Waals surface area contributed by atoms with E-state index < -0.39 is 0 Å². The van der Waals surface area contributed by atoms with Gasteiger partial charge in [-0.2, -0.15) is 0 Å². The fourth-order valence-electron chi connectivity index (χ4n) is 3.32. The van der Waals surface area contributed by atoms with E-state index in [-0.39, 0.29) is 18.8 Å². The largest absolute Gasteiger partial charge is 0.396 e. The van der Waals surface area contributed by atoms with Crippen LogP contribution in [0.2, 0.25) is 0 Å². The van der Waals surface area contributed by atoms with Crippen LogP contribution >= 0.6 is 0 Å². The van der Waals surface area contributed by atoms with Crippen LogP contribution in [0, 0.1) is 0 Å². The minimum absolute atomic E-state index is 0.0461. The summed E-state index contributed by atoms with van der Waals surface area (Å²) in [5.74, 6) is 3.10. The quantitative estimate of drug-likeness (QED) is 0.768. The van der Waals surface area contributed by atoms with Crippen LogP contribution < -0.4 is 9.80 Å². The first-order valence-electron chi connectivity index (χ1n) is 8.91. The van der Waals surface area contributed by atoms with E-state index in [0.29, 0.717) is 24.5 Å². The van der Waals surface area contributed by atoms with Crippen LogP contribution in [0.15, 0.2) is 24.5 Å². The van der Waals surface area contributed by atoms with E-state index in [9.17, 15) is 0 Å². The molecule has 0 unspecified atom stereocenters. The van der Waals surface area contributed by atoms with Crippen LogP contribution in [-0.2, 0) is 12.8 Å². The van der Waals surface area contributed by atoms with Gasteiger partial charge in [0.15, 0.2) is 0 Å². The van der Waals surface area contributed by atoms with Gasteiger partial charge in [-0.15, -0.1) is 0 Å². The van der Waals surface area contributed by atoms with E-state index in [2.05, 4.69) is 43.6 Å². The lowest BCUT2D eigenvalue weighted by Crippen LogP contribution is -2.60. The highest BCUT2D eigenvalue weighted by Gasteiger charge is 2.35. The van der Waals surface area contributed by atoms with E-state index in [1.165, 1.54) is 0 Å².